The molecule has 2 rings (SSSR count). The average molecular weight is 292 g/mol. The Morgan fingerprint density at radius 3 is 2.62 bits per heavy atom. The number of nitrogens with zero attached hydrogens (tertiary/aromatic N) is 1. The fraction of sp³-hybridized carbons (Fsp3) is 0.467. The van der Waals surface area contributed by atoms with Crippen LogP contribution in [-0.4, -0.2) is 44.1 Å². The van der Waals surface area contributed by atoms with Crippen LogP contribution in [0.2, 0.25) is 0 Å². The smallest absolute Gasteiger partial charge is 0.310 e. The van der Waals surface area contributed by atoms with Crippen LogP contribution >= 0.6 is 0 Å². The summed E-state index contributed by atoms with van der Waals surface area (Å²) in [6.45, 7) is 2.79. The quantitative estimate of drug-likeness (QED) is 0.668. The van der Waals surface area contributed by atoms with Crippen molar-refractivity contribution in [2.45, 2.75) is 6.92 Å². The molecular weight excluding hydrogens is 272 g/mol. The lowest BCUT2D eigenvalue weighted by Gasteiger charge is -2.18. The van der Waals surface area contributed by atoms with Gasteiger partial charge < -0.3 is 20.1 Å². The van der Waals surface area contributed by atoms with Gasteiger partial charge >= 0.3 is 5.97 Å². The van der Waals surface area contributed by atoms with Gasteiger partial charge in [-0.05, 0) is 18.1 Å². The van der Waals surface area contributed by atoms with Crippen LogP contribution in [0, 0.1) is 11.8 Å². The molecule has 1 amide bonds. The van der Waals surface area contributed by atoms with Crippen molar-refractivity contribution in [3.05, 3.63) is 23.8 Å². The number of anilines is 1. The number of rotatable bonds is 3. The Labute approximate surface area is 123 Å². The number of benzene rings is 1. The van der Waals surface area contributed by atoms with E-state index in [1.165, 1.54) is 14.2 Å². The molecule has 0 radical (unpaired) electrons. The fourth-order valence-corrected chi connectivity index (χ4v) is 2.67. The number of nitrogen functional groups attached to an aromatic ring is 1. The van der Waals surface area contributed by atoms with Gasteiger partial charge in [-0.1, -0.05) is 13.0 Å². The standard InChI is InChI=1S/C15H20N2O4/c1-9-7-17(8-11(9)15(19)21-3)14(18)10-5-4-6-12(20-2)13(10)16/h4-6,9,11H,7-8,16H2,1-3H3. The topological polar surface area (TPSA) is 81.9 Å². The first-order chi connectivity index (χ1) is 9.99. The second kappa shape index (κ2) is 6.03. The first-order valence-corrected chi connectivity index (χ1v) is 6.79. The molecule has 0 aromatic heterocycles. The van der Waals surface area contributed by atoms with E-state index in [1.807, 2.05) is 6.92 Å². The summed E-state index contributed by atoms with van der Waals surface area (Å²) in [5.41, 5.74) is 6.67. The van der Waals surface area contributed by atoms with Crippen molar-refractivity contribution in [3.8, 4) is 5.75 Å². The molecule has 0 bridgehead atoms. The summed E-state index contributed by atoms with van der Waals surface area (Å²) in [6.07, 6.45) is 0. The Kier molecular flexibility index (Phi) is 4.35. The molecule has 0 aliphatic carbocycles. The van der Waals surface area contributed by atoms with Gasteiger partial charge in [0.15, 0.2) is 0 Å². The third-order valence-electron chi connectivity index (χ3n) is 3.92. The predicted octanol–water partition coefficient (Wildman–Crippen LogP) is 1.16. The van der Waals surface area contributed by atoms with E-state index in [1.54, 1.807) is 23.1 Å². The molecule has 6 nitrogen and oxygen atoms in total. The second-order valence-electron chi connectivity index (χ2n) is 5.24. The molecule has 0 saturated carbocycles. The molecule has 1 aromatic carbocycles. The Bertz CT molecular complexity index is 559. The van der Waals surface area contributed by atoms with Crippen LogP contribution in [0.15, 0.2) is 18.2 Å². The molecule has 1 aliphatic rings. The van der Waals surface area contributed by atoms with Gasteiger partial charge in [0.05, 0.1) is 31.4 Å². The third-order valence-corrected chi connectivity index (χ3v) is 3.92. The van der Waals surface area contributed by atoms with Crippen molar-refractivity contribution in [1.29, 1.82) is 0 Å². The summed E-state index contributed by atoms with van der Waals surface area (Å²) >= 11 is 0. The summed E-state index contributed by atoms with van der Waals surface area (Å²) in [6, 6.07) is 5.09. The molecular formula is C15H20N2O4. The summed E-state index contributed by atoms with van der Waals surface area (Å²) < 4.78 is 9.90. The summed E-state index contributed by atoms with van der Waals surface area (Å²) in [5.74, 6) is -0.224. The minimum atomic E-state index is -0.286. The Morgan fingerprint density at radius 2 is 2.00 bits per heavy atom. The lowest BCUT2D eigenvalue weighted by Crippen LogP contribution is -2.30. The van der Waals surface area contributed by atoms with Gasteiger partial charge in [0.1, 0.15) is 5.75 Å². The highest BCUT2D eigenvalue weighted by Crippen LogP contribution is 2.29. The maximum atomic E-state index is 12.6. The number of amides is 1. The zero-order chi connectivity index (χ0) is 15.6. The monoisotopic (exact) mass is 292 g/mol. The number of hydrogen-bond acceptors (Lipinski definition) is 5. The van der Waals surface area contributed by atoms with Gasteiger partial charge in [0, 0.05) is 13.1 Å². The first kappa shape index (κ1) is 15.2. The van der Waals surface area contributed by atoms with E-state index in [4.69, 9.17) is 15.2 Å². The Morgan fingerprint density at radius 1 is 1.29 bits per heavy atom. The Balaban J connectivity index is 2.20. The molecule has 0 spiro atoms. The van der Waals surface area contributed by atoms with E-state index in [0.29, 0.717) is 30.1 Å². The number of methoxy groups -OCH3 is 2. The van der Waals surface area contributed by atoms with Crippen LogP contribution in [0.5, 0.6) is 5.75 Å². The van der Waals surface area contributed by atoms with Crippen molar-refractivity contribution in [1.82, 2.24) is 4.90 Å². The molecule has 114 valence electrons. The lowest BCUT2D eigenvalue weighted by atomic mass is 9.99. The number of esters is 1. The highest BCUT2D eigenvalue weighted by atomic mass is 16.5. The molecule has 1 fully saturated rings. The van der Waals surface area contributed by atoms with Crippen molar-refractivity contribution in [2.24, 2.45) is 11.8 Å². The summed E-state index contributed by atoms with van der Waals surface area (Å²) in [5, 5.41) is 0. The van der Waals surface area contributed by atoms with E-state index in [2.05, 4.69) is 0 Å². The normalized spacial score (nSPS) is 21.2. The summed E-state index contributed by atoms with van der Waals surface area (Å²) in [7, 11) is 2.87. The largest absolute Gasteiger partial charge is 0.495 e. The van der Waals surface area contributed by atoms with Gasteiger partial charge in [0.25, 0.3) is 5.91 Å². The van der Waals surface area contributed by atoms with Crippen molar-refractivity contribution >= 4 is 17.6 Å². The van der Waals surface area contributed by atoms with Crippen LogP contribution in [-0.2, 0) is 9.53 Å². The van der Waals surface area contributed by atoms with Gasteiger partial charge in [-0.2, -0.15) is 0 Å². The molecule has 1 aromatic rings. The van der Waals surface area contributed by atoms with Crippen LogP contribution < -0.4 is 10.5 Å². The molecule has 21 heavy (non-hydrogen) atoms. The van der Waals surface area contributed by atoms with Gasteiger partial charge in [-0.15, -0.1) is 0 Å². The maximum Gasteiger partial charge on any atom is 0.310 e. The summed E-state index contributed by atoms with van der Waals surface area (Å²) in [4.78, 5) is 25.9. The fourth-order valence-electron chi connectivity index (χ4n) is 2.67. The molecule has 6 heteroatoms. The van der Waals surface area contributed by atoms with E-state index in [-0.39, 0.29) is 23.7 Å². The highest BCUT2D eigenvalue weighted by molar-refractivity contribution is 6.00. The van der Waals surface area contributed by atoms with Gasteiger partial charge in [-0.25, -0.2) is 0 Å². The van der Waals surface area contributed by atoms with Crippen molar-refractivity contribution < 1.29 is 19.1 Å². The van der Waals surface area contributed by atoms with Crippen LogP contribution in [0.4, 0.5) is 5.69 Å². The average Bonchev–Trinajstić information content (AvgIpc) is 2.88. The van der Waals surface area contributed by atoms with Gasteiger partial charge in [-0.3, -0.25) is 9.59 Å². The minimum absolute atomic E-state index is 0.0632. The number of nitrogens with two attached hydrogens (primary N) is 1. The number of ether oxygens (including phenoxy) is 2. The van der Waals surface area contributed by atoms with Crippen molar-refractivity contribution in [2.75, 3.05) is 33.0 Å². The van der Waals surface area contributed by atoms with Gasteiger partial charge in [0.2, 0.25) is 0 Å². The molecule has 2 atom stereocenters. The number of para-hydroxylation sites is 1. The predicted molar refractivity (Wildman–Crippen MR) is 78.0 cm³/mol. The third kappa shape index (κ3) is 2.79. The van der Waals surface area contributed by atoms with E-state index in [0.717, 1.165) is 0 Å². The minimum Gasteiger partial charge on any atom is -0.495 e. The maximum absolute atomic E-state index is 12.6. The number of likely N-dealkylation sites (tertiary alicyclic amines) is 1. The molecule has 1 aliphatic heterocycles. The van der Waals surface area contributed by atoms with E-state index < -0.39 is 0 Å². The molecule has 1 saturated heterocycles. The Hall–Kier alpha value is -2.24. The molecule has 1 heterocycles. The molecule has 2 unspecified atom stereocenters. The highest BCUT2D eigenvalue weighted by Gasteiger charge is 2.38. The van der Waals surface area contributed by atoms with E-state index in [9.17, 15) is 9.59 Å². The molecule has 2 N–H and O–H groups in total. The first-order valence-electron chi connectivity index (χ1n) is 6.79. The number of carbonyl (C=O) groups is 2. The zero-order valence-corrected chi connectivity index (χ0v) is 12.5. The number of hydrogen-bond donors (Lipinski definition) is 1. The lowest BCUT2D eigenvalue weighted by molar-refractivity contribution is -0.146. The van der Waals surface area contributed by atoms with Crippen LogP contribution in [0.3, 0.4) is 0 Å². The number of carbonyl (C=O) groups excluding carboxylic acids is 2. The SMILES string of the molecule is COC(=O)C1CN(C(=O)c2cccc(OC)c2N)CC1C. The van der Waals surface area contributed by atoms with Crippen molar-refractivity contribution in [3.63, 3.8) is 0 Å². The zero-order valence-electron chi connectivity index (χ0n) is 12.5. The van der Waals surface area contributed by atoms with Crippen LogP contribution in [0.25, 0.3) is 0 Å². The van der Waals surface area contributed by atoms with Crippen LogP contribution in [0.1, 0.15) is 17.3 Å². The van der Waals surface area contributed by atoms with E-state index >= 15 is 0 Å². The second-order valence-corrected chi connectivity index (χ2v) is 5.24.